The predicted octanol–water partition coefficient (Wildman–Crippen LogP) is 3.94. The van der Waals surface area contributed by atoms with Crippen LogP contribution in [0.1, 0.15) is 34.8 Å². The molecule has 0 spiro atoms. The number of hydrogen-bond acceptors (Lipinski definition) is 8. The molecule has 10 nitrogen and oxygen atoms in total. The van der Waals surface area contributed by atoms with Crippen molar-refractivity contribution in [3.63, 3.8) is 0 Å². The molecule has 0 radical (unpaired) electrons. The van der Waals surface area contributed by atoms with Crippen LogP contribution in [0.3, 0.4) is 0 Å². The van der Waals surface area contributed by atoms with Gasteiger partial charge in [-0.3, -0.25) is 10.1 Å². The van der Waals surface area contributed by atoms with E-state index in [1.54, 1.807) is 30.3 Å². The van der Waals surface area contributed by atoms with Crippen molar-refractivity contribution in [1.82, 2.24) is 20.3 Å². The standard InChI is InChI=1S/C22H24ClN7O3S/c1-12(2)24-19(31)13-6-4-5-7-14(13)25-20(32)29-22-26-15-8-9-30(11-16(15)34-22)18-10-17(23)27-21(28-18)33-3/h4-7,10,12H,8-9,11H2,1-3H3,(H,24,31)(H2,25,26,29,32). The third kappa shape index (κ3) is 5.54. The smallest absolute Gasteiger partial charge is 0.325 e. The zero-order valence-electron chi connectivity index (χ0n) is 18.9. The highest BCUT2D eigenvalue weighted by Crippen LogP contribution is 2.31. The normalized spacial score (nSPS) is 12.8. The van der Waals surface area contributed by atoms with Gasteiger partial charge in [0.1, 0.15) is 11.0 Å². The number of benzene rings is 1. The van der Waals surface area contributed by atoms with E-state index in [2.05, 4.69) is 35.8 Å². The van der Waals surface area contributed by atoms with E-state index in [0.717, 1.165) is 10.6 Å². The van der Waals surface area contributed by atoms with E-state index in [1.807, 2.05) is 13.8 Å². The van der Waals surface area contributed by atoms with Crippen LogP contribution >= 0.6 is 22.9 Å². The molecule has 1 aliphatic rings. The SMILES string of the molecule is COc1nc(Cl)cc(N2CCc3nc(NC(=O)Nc4ccccc4C(=O)NC(C)C)sc3C2)n1. The third-order valence-corrected chi connectivity index (χ3v) is 6.15. The van der Waals surface area contributed by atoms with Gasteiger partial charge in [-0.15, -0.1) is 0 Å². The molecule has 12 heteroatoms. The molecule has 4 rings (SSSR count). The number of nitrogens with zero attached hydrogens (tertiary/aromatic N) is 4. The molecule has 0 unspecified atom stereocenters. The number of nitrogens with one attached hydrogen (secondary N) is 3. The number of para-hydroxylation sites is 1. The van der Waals surface area contributed by atoms with Gasteiger partial charge in [0.2, 0.25) is 0 Å². The molecule has 0 bridgehead atoms. The number of rotatable bonds is 6. The lowest BCUT2D eigenvalue weighted by atomic mass is 10.1. The highest BCUT2D eigenvalue weighted by atomic mass is 35.5. The fraction of sp³-hybridized carbons (Fsp3) is 0.318. The Balaban J connectivity index is 1.43. The largest absolute Gasteiger partial charge is 0.467 e. The van der Waals surface area contributed by atoms with Crippen molar-refractivity contribution in [3.05, 3.63) is 51.6 Å². The molecule has 1 aromatic carbocycles. The van der Waals surface area contributed by atoms with Crippen LogP contribution in [0.2, 0.25) is 5.15 Å². The van der Waals surface area contributed by atoms with E-state index in [0.29, 0.717) is 46.9 Å². The van der Waals surface area contributed by atoms with E-state index < -0.39 is 6.03 Å². The summed E-state index contributed by atoms with van der Waals surface area (Å²) in [4.78, 5) is 41.1. The van der Waals surface area contributed by atoms with E-state index in [9.17, 15) is 9.59 Å². The maximum atomic E-state index is 12.6. The molecule has 0 saturated heterocycles. The first-order valence-corrected chi connectivity index (χ1v) is 11.8. The Labute approximate surface area is 205 Å². The van der Waals surface area contributed by atoms with Gasteiger partial charge in [-0.1, -0.05) is 35.1 Å². The fourth-order valence-electron chi connectivity index (χ4n) is 3.46. The number of carbonyl (C=O) groups excluding carboxylic acids is 2. The summed E-state index contributed by atoms with van der Waals surface area (Å²) in [5.41, 5.74) is 1.74. The summed E-state index contributed by atoms with van der Waals surface area (Å²) < 4.78 is 5.11. The third-order valence-electron chi connectivity index (χ3n) is 4.96. The van der Waals surface area contributed by atoms with Gasteiger partial charge in [0.25, 0.3) is 5.91 Å². The van der Waals surface area contributed by atoms with Crippen molar-refractivity contribution >= 4 is 51.5 Å². The molecule has 178 valence electrons. The number of fused-ring (bicyclic) bond motifs is 1. The summed E-state index contributed by atoms with van der Waals surface area (Å²) in [6, 6.07) is 8.26. The molecule has 0 saturated carbocycles. The van der Waals surface area contributed by atoms with Crippen LogP contribution in [0.4, 0.5) is 21.4 Å². The second-order valence-corrected chi connectivity index (χ2v) is 9.32. The van der Waals surface area contributed by atoms with Crippen LogP contribution in [-0.2, 0) is 13.0 Å². The van der Waals surface area contributed by atoms with Gasteiger partial charge in [-0.2, -0.15) is 9.97 Å². The summed E-state index contributed by atoms with van der Waals surface area (Å²) in [5.74, 6) is 0.414. The molecule has 2 aromatic heterocycles. The Kier molecular flexibility index (Phi) is 7.13. The Morgan fingerprint density at radius 2 is 1.97 bits per heavy atom. The summed E-state index contributed by atoms with van der Waals surface area (Å²) in [6.07, 6.45) is 0.692. The van der Waals surface area contributed by atoms with Gasteiger partial charge in [-0.05, 0) is 26.0 Å². The van der Waals surface area contributed by atoms with Crippen LogP contribution in [0, 0.1) is 0 Å². The summed E-state index contributed by atoms with van der Waals surface area (Å²) in [6.45, 7) is 5.02. The van der Waals surface area contributed by atoms with Gasteiger partial charge < -0.3 is 20.3 Å². The number of aromatic nitrogens is 3. The number of ether oxygens (including phenoxy) is 1. The minimum Gasteiger partial charge on any atom is -0.467 e. The first-order chi connectivity index (χ1) is 16.3. The number of urea groups is 1. The number of carbonyl (C=O) groups is 2. The summed E-state index contributed by atoms with van der Waals surface area (Å²) in [5, 5.41) is 9.14. The van der Waals surface area contributed by atoms with E-state index in [1.165, 1.54) is 18.4 Å². The molecule has 1 aliphatic heterocycles. The molecule has 3 heterocycles. The maximum absolute atomic E-state index is 12.6. The van der Waals surface area contributed by atoms with Crippen molar-refractivity contribution in [2.24, 2.45) is 0 Å². The van der Waals surface area contributed by atoms with Gasteiger partial charge in [0.15, 0.2) is 5.13 Å². The molecule has 0 atom stereocenters. The van der Waals surface area contributed by atoms with Crippen molar-refractivity contribution in [1.29, 1.82) is 0 Å². The van der Waals surface area contributed by atoms with Crippen molar-refractivity contribution in [2.75, 3.05) is 29.2 Å². The van der Waals surface area contributed by atoms with Crippen LogP contribution < -0.4 is 25.6 Å². The lowest BCUT2D eigenvalue weighted by Crippen LogP contribution is -2.31. The number of hydrogen-bond donors (Lipinski definition) is 3. The molecular formula is C22H24ClN7O3S. The van der Waals surface area contributed by atoms with Crippen molar-refractivity contribution < 1.29 is 14.3 Å². The molecule has 3 amide bonds. The number of halogens is 1. The highest BCUT2D eigenvalue weighted by Gasteiger charge is 2.23. The lowest BCUT2D eigenvalue weighted by Gasteiger charge is -2.27. The maximum Gasteiger partial charge on any atom is 0.325 e. The molecule has 0 aliphatic carbocycles. The van der Waals surface area contributed by atoms with Crippen molar-refractivity contribution in [3.8, 4) is 6.01 Å². The topological polar surface area (TPSA) is 121 Å². The first kappa shape index (κ1) is 23.7. The van der Waals surface area contributed by atoms with Crippen LogP contribution in [0.15, 0.2) is 30.3 Å². The minimum atomic E-state index is -0.472. The summed E-state index contributed by atoms with van der Waals surface area (Å²) in [7, 11) is 1.49. The van der Waals surface area contributed by atoms with E-state index in [4.69, 9.17) is 16.3 Å². The zero-order chi connectivity index (χ0) is 24.2. The Bertz CT molecular complexity index is 1220. The number of anilines is 3. The van der Waals surface area contributed by atoms with Gasteiger partial charge in [0, 0.05) is 30.0 Å². The minimum absolute atomic E-state index is 0.0185. The lowest BCUT2D eigenvalue weighted by molar-refractivity contribution is 0.0944. The van der Waals surface area contributed by atoms with Gasteiger partial charge in [0.05, 0.1) is 30.6 Å². The Morgan fingerprint density at radius 1 is 1.18 bits per heavy atom. The molecule has 0 fully saturated rings. The van der Waals surface area contributed by atoms with E-state index >= 15 is 0 Å². The molecule has 3 aromatic rings. The first-order valence-electron chi connectivity index (χ1n) is 10.6. The van der Waals surface area contributed by atoms with Crippen molar-refractivity contribution in [2.45, 2.75) is 32.9 Å². The van der Waals surface area contributed by atoms with E-state index in [-0.39, 0.29) is 18.0 Å². The van der Waals surface area contributed by atoms with Crippen LogP contribution in [0.5, 0.6) is 6.01 Å². The number of amides is 3. The average Bonchev–Trinajstić information content (AvgIpc) is 3.19. The molecular weight excluding hydrogens is 478 g/mol. The average molecular weight is 502 g/mol. The second-order valence-electron chi connectivity index (χ2n) is 7.85. The Hall–Kier alpha value is -3.44. The number of thiazole rings is 1. The highest BCUT2D eigenvalue weighted by molar-refractivity contribution is 7.15. The summed E-state index contributed by atoms with van der Waals surface area (Å²) >= 11 is 7.48. The van der Waals surface area contributed by atoms with Crippen LogP contribution in [0.25, 0.3) is 0 Å². The molecule has 34 heavy (non-hydrogen) atoms. The number of methoxy groups -OCH3 is 1. The second kappa shape index (κ2) is 10.2. The fourth-order valence-corrected chi connectivity index (χ4v) is 4.65. The van der Waals surface area contributed by atoms with Gasteiger partial charge >= 0.3 is 12.0 Å². The Morgan fingerprint density at radius 3 is 2.74 bits per heavy atom. The zero-order valence-corrected chi connectivity index (χ0v) is 20.5. The van der Waals surface area contributed by atoms with Gasteiger partial charge in [-0.25, -0.2) is 9.78 Å². The molecule has 3 N–H and O–H groups in total. The van der Waals surface area contributed by atoms with Crippen LogP contribution in [-0.4, -0.2) is 46.6 Å². The predicted molar refractivity (Wildman–Crippen MR) is 132 cm³/mol. The quantitative estimate of drug-likeness (QED) is 0.437. The monoisotopic (exact) mass is 501 g/mol.